The van der Waals surface area contributed by atoms with Gasteiger partial charge in [0.05, 0.1) is 30.6 Å². The molecule has 1 amide bonds. The minimum absolute atomic E-state index is 0.00761. The Morgan fingerprint density at radius 3 is 2.24 bits per heavy atom. The Hall–Kier alpha value is -4.27. The van der Waals surface area contributed by atoms with Crippen molar-refractivity contribution in [2.75, 3.05) is 18.5 Å². The van der Waals surface area contributed by atoms with Gasteiger partial charge < -0.3 is 27.2 Å². The number of fused-ring (bicyclic) bond motifs is 2. The number of rotatable bonds is 12. The molecule has 0 bridgehead atoms. The number of imidazole rings is 1. The van der Waals surface area contributed by atoms with Crippen molar-refractivity contribution in [1.29, 1.82) is 0 Å². The number of aromatic nitrogens is 4. The first-order valence-corrected chi connectivity index (χ1v) is 22.5. The van der Waals surface area contributed by atoms with Crippen LogP contribution in [-0.2, 0) is 24.1 Å². The molecule has 2 saturated heterocycles. The van der Waals surface area contributed by atoms with Crippen molar-refractivity contribution in [3.63, 3.8) is 0 Å². The number of carbonyl (C=O) groups excluding carboxylic acids is 1. The molecule has 54 heavy (non-hydrogen) atoms. The van der Waals surface area contributed by atoms with E-state index in [4.69, 9.17) is 32.2 Å². The quantitative estimate of drug-likeness (QED) is 0.0832. The van der Waals surface area contributed by atoms with Crippen LogP contribution in [0.4, 0.5) is 16.4 Å². The van der Waals surface area contributed by atoms with Gasteiger partial charge in [-0.15, -0.1) is 0 Å². The zero-order valence-electron chi connectivity index (χ0n) is 32.1. The maximum absolute atomic E-state index is 13.0. The van der Waals surface area contributed by atoms with Gasteiger partial charge in [-0.2, -0.15) is 9.97 Å². The molecule has 0 spiro atoms. The molecule has 0 aliphatic carbocycles. The third-order valence-electron chi connectivity index (χ3n) is 10.2. The maximum Gasteiger partial charge on any atom is 0.419 e. The Bertz CT molecular complexity index is 1910. The number of nitrogens with one attached hydrogen (secondary N) is 1. The number of para-hydroxylation sites is 1. The lowest BCUT2D eigenvalue weighted by Gasteiger charge is -2.51. The Morgan fingerprint density at radius 2 is 1.61 bits per heavy atom. The predicted octanol–water partition coefficient (Wildman–Crippen LogP) is 8.21. The van der Waals surface area contributed by atoms with Gasteiger partial charge in [0.25, 0.3) is 5.69 Å². The number of non-ortho nitro benzene ring substituents is 1. The van der Waals surface area contributed by atoms with Gasteiger partial charge in [0.2, 0.25) is 11.8 Å². The van der Waals surface area contributed by atoms with E-state index in [-0.39, 0.29) is 58.5 Å². The van der Waals surface area contributed by atoms with Crippen molar-refractivity contribution in [2.24, 2.45) is 0 Å². The number of nitro groups is 1. The van der Waals surface area contributed by atoms with Crippen molar-refractivity contribution in [1.82, 2.24) is 19.5 Å². The zero-order valence-corrected chi connectivity index (χ0v) is 34.1. The van der Waals surface area contributed by atoms with Crippen LogP contribution in [-0.4, -0.2) is 73.1 Å². The molecule has 0 unspecified atom stereocenters. The van der Waals surface area contributed by atoms with Crippen LogP contribution < -0.4 is 14.8 Å². The van der Waals surface area contributed by atoms with Gasteiger partial charge in [-0.05, 0) is 39.9 Å². The van der Waals surface area contributed by atoms with Gasteiger partial charge in [-0.25, -0.2) is 9.78 Å². The van der Waals surface area contributed by atoms with E-state index in [1.54, 1.807) is 42.7 Å². The van der Waals surface area contributed by atoms with Crippen molar-refractivity contribution in [2.45, 2.75) is 109 Å². The first-order chi connectivity index (χ1) is 25.7. The van der Waals surface area contributed by atoms with Crippen LogP contribution in [0.25, 0.3) is 11.2 Å². The number of hydrogen-bond donors (Lipinski definition) is 1. The molecule has 2 aliphatic rings. The largest absolute Gasteiger partial charge is 0.476 e. The minimum Gasteiger partial charge on any atom is -0.476 e. The summed E-state index contributed by atoms with van der Waals surface area (Å²) in [6.45, 7) is 18.0. The van der Waals surface area contributed by atoms with Crippen molar-refractivity contribution in [3.8, 4) is 11.6 Å². The molecule has 2 aromatic heterocycles. The van der Waals surface area contributed by atoms with Gasteiger partial charge in [0.15, 0.2) is 11.2 Å². The summed E-state index contributed by atoms with van der Waals surface area (Å²) in [6.07, 6.45) is 0.596. The van der Waals surface area contributed by atoms with Crippen LogP contribution in [0.3, 0.4) is 0 Å². The highest BCUT2D eigenvalue weighted by molar-refractivity contribution is 6.84. The molecule has 2 aromatic carbocycles. The second kappa shape index (κ2) is 16.2. The van der Waals surface area contributed by atoms with Crippen molar-refractivity contribution < 1.29 is 36.9 Å². The Morgan fingerprint density at radius 1 is 0.944 bits per heavy atom. The van der Waals surface area contributed by atoms with E-state index in [0.717, 1.165) is 5.56 Å². The van der Waals surface area contributed by atoms with E-state index >= 15 is 0 Å². The average Bonchev–Trinajstić information content (AvgIpc) is 3.72. The Kier molecular flexibility index (Phi) is 11.8. The Labute approximate surface area is 317 Å². The molecule has 3 atom stereocenters. The number of benzene rings is 2. The van der Waals surface area contributed by atoms with Crippen LogP contribution in [0.1, 0.15) is 73.6 Å². The first kappa shape index (κ1) is 39.4. The van der Waals surface area contributed by atoms with E-state index in [1.807, 2.05) is 10.6 Å². The van der Waals surface area contributed by atoms with E-state index in [1.165, 1.54) is 12.1 Å². The van der Waals surface area contributed by atoms with E-state index in [0.29, 0.717) is 36.4 Å². The normalized spacial score (nSPS) is 20.9. The van der Waals surface area contributed by atoms with Gasteiger partial charge >= 0.3 is 23.2 Å². The molecular formula is C37H50N6O9Si2. The van der Waals surface area contributed by atoms with E-state index in [2.05, 4.69) is 70.7 Å². The van der Waals surface area contributed by atoms with Crippen LogP contribution >= 0.6 is 0 Å². The number of ether oxygens (including phenoxy) is 3. The molecule has 17 heteroatoms. The van der Waals surface area contributed by atoms with Crippen LogP contribution in [0.2, 0.25) is 22.2 Å². The van der Waals surface area contributed by atoms with Gasteiger partial charge in [-0.1, -0.05) is 85.7 Å². The van der Waals surface area contributed by atoms with Gasteiger partial charge in [0, 0.05) is 25.0 Å². The topological polar surface area (TPSA) is 171 Å². The van der Waals surface area contributed by atoms with Crippen molar-refractivity contribution in [3.05, 3.63) is 76.6 Å². The molecular weight excluding hydrogens is 729 g/mol. The second-order valence-corrected chi connectivity index (χ2v) is 23.9. The van der Waals surface area contributed by atoms with Crippen LogP contribution in [0, 0.1) is 10.1 Å². The fraction of sp³-hybridized carbons (Fsp3) is 0.514. The maximum atomic E-state index is 13.0. The van der Waals surface area contributed by atoms with Crippen LogP contribution in [0.15, 0.2) is 60.9 Å². The summed E-state index contributed by atoms with van der Waals surface area (Å²) in [6, 6.07) is 14.9. The monoisotopic (exact) mass is 778 g/mol. The summed E-state index contributed by atoms with van der Waals surface area (Å²) in [4.78, 5) is 37.4. The number of carbonyl (C=O) groups is 1. The molecule has 0 radical (unpaired) electrons. The molecule has 290 valence electrons. The fourth-order valence-corrected chi connectivity index (χ4v) is 18.5. The number of nitro benzene ring substituents is 1. The average molecular weight is 779 g/mol. The number of hydrogen-bond acceptors (Lipinski definition) is 12. The Balaban J connectivity index is 1.31. The molecule has 6 rings (SSSR count). The third-order valence-corrected chi connectivity index (χ3v) is 20.5. The summed E-state index contributed by atoms with van der Waals surface area (Å²) in [5, 5.41) is 13.7. The summed E-state index contributed by atoms with van der Waals surface area (Å²) in [5.41, 5.74) is 2.33. The van der Waals surface area contributed by atoms with E-state index in [9.17, 15) is 14.9 Å². The fourth-order valence-electron chi connectivity index (χ4n) is 7.33. The lowest BCUT2D eigenvalue weighted by atomic mass is 10.1. The number of anilines is 1. The summed E-state index contributed by atoms with van der Waals surface area (Å²) < 4.78 is 41.7. The predicted molar refractivity (Wildman–Crippen MR) is 206 cm³/mol. The molecule has 2 fully saturated rings. The van der Waals surface area contributed by atoms with E-state index < -0.39 is 34.4 Å². The minimum atomic E-state index is -2.86. The summed E-state index contributed by atoms with van der Waals surface area (Å²) in [7, 11) is -5.62. The molecule has 4 heterocycles. The number of nitrogens with zero attached hydrogens (tertiary/aromatic N) is 5. The highest BCUT2D eigenvalue weighted by Gasteiger charge is 2.60. The molecule has 4 aromatic rings. The smallest absolute Gasteiger partial charge is 0.419 e. The standard InChI is InChI=1S/C37H50N6O9Si2/c1-23(2)53(24(3)4)48-21-31-30(51-54(52-53,25(5)6)26(7)8)20-32(50-31)42-22-38-33-34(42)39-36(41-37(44)49-29-12-10-9-11-13-29)40-35(33)47-19-18-27-14-16-28(17-15-27)43(45)46/h9-17,22-26,30-32H,18-21H2,1-8H3,(H,39,40,41,44)/t30-,31+,32+/m0/s1. The number of amides is 1. The molecule has 15 nitrogen and oxygen atoms in total. The highest BCUT2D eigenvalue weighted by atomic mass is 28.5. The third kappa shape index (κ3) is 8.06. The van der Waals surface area contributed by atoms with Crippen LogP contribution in [0.5, 0.6) is 11.6 Å². The first-order valence-electron chi connectivity index (χ1n) is 18.5. The summed E-state index contributed by atoms with van der Waals surface area (Å²) in [5.74, 6) is 0.441. The molecule has 0 saturated carbocycles. The summed E-state index contributed by atoms with van der Waals surface area (Å²) >= 11 is 0. The lowest BCUT2D eigenvalue weighted by Crippen LogP contribution is -2.65. The van der Waals surface area contributed by atoms with Gasteiger partial charge in [-0.3, -0.25) is 20.0 Å². The lowest BCUT2D eigenvalue weighted by molar-refractivity contribution is -0.384. The SMILES string of the molecule is CC(C)[Si]1(C(C)C)OC[C@H]2O[C@@H](n3cnc4c(OCCc5ccc([N+](=O)[O-])cc5)nc(NC(=O)Oc5ccccc5)nc43)C[C@@H]2O[Si](C(C)C)(C(C)C)O1. The second-order valence-electron chi connectivity index (χ2n) is 15.0. The molecule has 2 aliphatic heterocycles. The van der Waals surface area contributed by atoms with Gasteiger partial charge in [0.1, 0.15) is 18.1 Å². The highest BCUT2D eigenvalue weighted by Crippen LogP contribution is 2.48. The molecule has 1 N–H and O–H groups in total. The zero-order chi connectivity index (χ0) is 38.8. The van der Waals surface area contributed by atoms with Crippen molar-refractivity contribution >= 4 is 46.0 Å².